The van der Waals surface area contributed by atoms with Crippen LogP contribution >= 0.6 is 0 Å². The minimum Gasteiger partial charge on any atom is -0.466 e. The molecular weight excluding hydrogens is 257 g/mol. The molecule has 3 nitrogen and oxygen atoms in total. The first kappa shape index (κ1) is 14.8. The molecule has 1 aliphatic carbocycles. The number of hydrogen-bond donors (Lipinski definition) is 1. The summed E-state index contributed by atoms with van der Waals surface area (Å²) >= 11 is 0. The lowest BCUT2D eigenvalue weighted by atomic mass is 9.77. The molecule has 1 saturated carbocycles. The number of carbonyl (C=O) groups excluding carboxylic acids is 1. The molecular formula is C16H22FNO2. The maximum atomic E-state index is 13.5. The molecule has 0 bridgehead atoms. The number of nitrogen functional groups attached to an aromatic ring is 1. The van der Waals surface area contributed by atoms with Crippen molar-refractivity contribution >= 4 is 11.7 Å². The van der Waals surface area contributed by atoms with E-state index in [4.69, 9.17) is 10.5 Å². The molecule has 0 heterocycles. The summed E-state index contributed by atoms with van der Waals surface area (Å²) in [5, 5.41) is 0. The second kappa shape index (κ2) is 6.73. The highest BCUT2D eigenvalue weighted by Gasteiger charge is 2.24. The second-order valence-electron chi connectivity index (χ2n) is 5.51. The lowest BCUT2D eigenvalue weighted by molar-refractivity contribution is -0.144. The first-order valence-corrected chi connectivity index (χ1v) is 7.30. The fourth-order valence-electron chi connectivity index (χ4n) is 2.95. The van der Waals surface area contributed by atoms with E-state index in [1.54, 1.807) is 12.1 Å². The highest BCUT2D eigenvalue weighted by atomic mass is 19.1. The molecule has 0 aromatic heterocycles. The Morgan fingerprint density at radius 1 is 1.35 bits per heavy atom. The Kier molecular flexibility index (Phi) is 4.99. The van der Waals surface area contributed by atoms with Gasteiger partial charge >= 0.3 is 5.97 Å². The van der Waals surface area contributed by atoms with Crippen molar-refractivity contribution in [2.24, 2.45) is 5.92 Å². The highest BCUT2D eigenvalue weighted by molar-refractivity contribution is 5.69. The predicted octanol–water partition coefficient (Wildman–Crippen LogP) is 3.63. The van der Waals surface area contributed by atoms with Crippen molar-refractivity contribution in [2.45, 2.75) is 44.9 Å². The molecule has 2 rings (SSSR count). The molecule has 0 atom stereocenters. The van der Waals surface area contributed by atoms with Gasteiger partial charge in [-0.15, -0.1) is 0 Å². The molecule has 1 aliphatic rings. The molecule has 4 heteroatoms. The van der Waals surface area contributed by atoms with Gasteiger partial charge in [0, 0.05) is 6.42 Å². The predicted molar refractivity (Wildman–Crippen MR) is 76.8 cm³/mol. The van der Waals surface area contributed by atoms with Crippen molar-refractivity contribution in [3.05, 3.63) is 29.6 Å². The van der Waals surface area contributed by atoms with E-state index in [0.717, 1.165) is 31.2 Å². The lowest BCUT2D eigenvalue weighted by Gasteiger charge is -2.28. The SMILES string of the molecule is CCOC(=O)CC1CCC(c2ccc(N)c(F)c2)CC1. The van der Waals surface area contributed by atoms with Crippen molar-refractivity contribution in [1.29, 1.82) is 0 Å². The van der Waals surface area contributed by atoms with Crippen molar-refractivity contribution in [1.82, 2.24) is 0 Å². The minimum atomic E-state index is -0.337. The van der Waals surface area contributed by atoms with Crippen LogP contribution in [-0.4, -0.2) is 12.6 Å². The van der Waals surface area contributed by atoms with Crippen LogP contribution in [0.2, 0.25) is 0 Å². The number of esters is 1. The molecule has 1 aromatic carbocycles. The van der Waals surface area contributed by atoms with E-state index in [1.807, 2.05) is 13.0 Å². The molecule has 0 saturated heterocycles. The molecule has 0 unspecified atom stereocenters. The van der Waals surface area contributed by atoms with Crippen LogP contribution in [-0.2, 0) is 9.53 Å². The van der Waals surface area contributed by atoms with Crippen LogP contribution in [0, 0.1) is 11.7 Å². The Morgan fingerprint density at radius 2 is 2.05 bits per heavy atom. The van der Waals surface area contributed by atoms with Gasteiger partial charge in [-0.2, -0.15) is 0 Å². The number of anilines is 1. The van der Waals surface area contributed by atoms with E-state index in [-0.39, 0.29) is 17.5 Å². The number of halogens is 1. The Bertz CT molecular complexity index is 468. The molecule has 0 spiro atoms. The largest absolute Gasteiger partial charge is 0.466 e. The molecule has 0 amide bonds. The van der Waals surface area contributed by atoms with E-state index in [0.29, 0.717) is 24.9 Å². The Hall–Kier alpha value is -1.58. The van der Waals surface area contributed by atoms with Crippen LogP contribution in [0.3, 0.4) is 0 Å². The zero-order chi connectivity index (χ0) is 14.5. The summed E-state index contributed by atoms with van der Waals surface area (Å²) in [4.78, 5) is 11.5. The third kappa shape index (κ3) is 3.71. The van der Waals surface area contributed by atoms with Gasteiger partial charge < -0.3 is 10.5 Å². The van der Waals surface area contributed by atoms with Gasteiger partial charge in [0.2, 0.25) is 0 Å². The van der Waals surface area contributed by atoms with E-state index >= 15 is 0 Å². The summed E-state index contributed by atoms with van der Waals surface area (Å²) < 4.78 is 18.5. The highest BCUT2D eigenvalue weighted by Crippen LogP contribution is 2.37. The fraction of sp³-hybridized carbons (Fsp3) is 0.562. The first-order valence-electron chi connectivity index (χ1n) is 7.30. The summed E-state index contributed by atoms with van der Waals surface area (Å²) in [6, 6.07) is 5.09. The Balaban J connectivity index is 1.87. The third-order valence-corrected chi connectivity index (χ3v) is 4.10. The van der Waals surface area contributed by atoms with Gasteiger partial charge in [-0.25, -0.2) is 4.39 Å². The average molecular weight is 279 g/mol. The molecule has 0 aliphatic heterocycles. The van der Waals surface area contributed by atoms with Crippen LogP contribution in [0.1, 0.15) is 50.5 Å². The number of benzene rings is 1. The molecule has 0 radical (unpaired) electrons. The van der Waals surface area contributed by atoms with Crippen LogP contribution in [0.15, 0.2) is 18.2 Å². The van der Waals surface area contributed by atoms with Crippen LogP contribution in [0.4, 0.5) is 10.1 Å². The van der Waals surface area contributed by atoms with Gasteiger partial charge in [0.05, 0.1) is 12.3 Å². The van der Waals surface area contributed by atoms with Gasteiger partial charge in [-0.1, -0.05) is 6.07 Å². The Labute approximate surface area is 119 Å². The summed E-state index contributed by atoms with van der Waals surface area (Å²) in [6.07, 6.45) is 4.49. The summed E-state index contributed by atoms with van der Waals surface area (Å²) in [5.41, 5.74) is 6.72. The van der Waals surface area contributed by atoms with Crippen molar-refractivity contribution in [3.8, 4) is 0 Å². The van der Waals surface area contributed by atoms with Gasteiger partial charge in [0.25, 0.3) is 0 Å². The summed E-state index contributed by atoms with van der Waals surface area (Å²) in [6.45, 7) is 2.27. The summed E-state index contributed by atoms with van der Waals surface area (Å²) in [7, 11) is 0. The number of ether oxygens (including phenoxy) is 1. The monoisotopic (exact) mass is 279 g/mol. The van der Waals surface area contributed by atoms with Gasteiger partial charge in [-0.05, 0) is 62.1 Å². The number of rotatable bonds is 4. The topological polar surface area (TPSA) is 52.3 Å². The van der Waals surface area contributed by atoms with Crippen LogP contribution in [0.25, 0.3) is 0 Å². The van der Waals surface area contributed by atoms with Crippen molar-refractivity contribution < 1.29 is 13.9 Å². The van der Waals surface area contributed by atoms with Crippen LogP contribution < -0.4 is 5.73 Å². The molecule has 20 heavy (non-hydrogen) atoms. The average Bonchev–Trinajstić information content (AvgIpc) is 2.43. The normalized spacial score (nSPS) is 22.5. The minimum absolute atomic E-state index is 0.102. The maximum absolute atomic E-state index is 13.5. The standard InChI is InChI=1S/C16H22FNO2/c1-2-20-16(19)9-11-3-5-12(6-4-11)13-7-8-15(18)14(17)10-13/h7-8,10-12H,2-6,9,18H2,1H3. The van der Waals surface area contributed by atoms with E-state index in [9.17, 15) is 9.18 Å². The van der Waals surface area contributed by atoms with Crippen LogP contribution in [0.5, 0.6) is 0 Å². The molecule has 110 valence electrons. The van der Waals surface area contributed by atoms with Crippen molar-refractivity contribution in [3.63, 3.8) is 0 Å². The molecule has 2 N–H and O–H groups in total. The molecule has 1 aromatic rings. The Morgan fingerprint density at radius 3 is 2.65 bits per heavy atom. The zero-order valence-electron chi connectivity index (χ0n) is 11.9. The van der Waals surface area contributed by atoms with E-state index in [2.05, 4.69) is 0 Å². The molecule has 1 fully saturated rings. The lowest BCUT2D eigenvalue weighted by Crippen LogP contribution is -2.18. The number of nitrogens with two attached hydrogens (primary N) is 1. The smallest absolute Gasteiger partial charge is 0.306 e. The van der Waals surface area contributed by atoms with Gasteiger partial charge in [0.1, 0.15) is 5.82 Å². The first-order chi connectivity index (χ1) is 9.60. The number of hydrogen-bond acceptors (Lipinski definition) is 3. The second-order valence-corrected chi connectivity index (χ2v) is 5.51. The van der Waals surface area contributed by atoms with Gasteiger partial charge in [-0.3, -0.25) is 4.79 Å². The van der Waals surface area contributed by atoms with Crippen molar-refractivity contribution in [2.75, 3.05) is 12.3 Å². The fourth-order valence-corrected chi connectivity index (χ4v) is 2.95. The van der Waals surface area contributed by atoms with Gasteiger partial charge in [0.15, 0.2) is 0 Å². The quantitative estimate of drug-likeness (QED) is 0.676. The third-order valence-electron chi connectivity index (χ3n) is 4.10. The van der Waals surface area contributed by atoms with E-state index < -0.39 is 0 Å². The summed E-state index contributed by atoms with van der Waals surface area (Å²) in [5.74, 6) is 0.345. The van der Waals surface area contributed by atoms with E-state index in [1.165, 1.54) is 0 Å². The number of carbonyl (C=O) groups is 1. The zero-order valence-corrected chi connectivity index (χ0v) is 11.9. The maximum Gasteiger partial charge on any atom is 0.306 e.